The van der Waals surface area contributed by atoms with Crippen LogP contribution >= 0.6 is 31.9 Å². The summed E-state index contributed by atoms with van der Waals surface area (Å²) in [5.41, 5.74) is 0. The molecule has 2 atom stereocenters. The van der Waals surface area contributed by atoms with Gasteiger partial charge in [0.05, 0.1) is 4.47 Å². The molecule has 0 spiro atoms. The quantitative estimate of drug-likeness (QED) is 0.891. The van der Waals surface area contributed by atoms with Gasteiger partial charge in [-0.1, -0.05) is 0 Å². The van der Waals surface area contributed by atoms with E-state index in [9.17, 15) is 0 Å². The monoisotopic (exact) mass is 330 g/mol. The summed E-state index contributed by atoms with van der Waals surface area (Å²) in [4.78, 5) is 4.38. The Hall–Kier alpha value is -0.0900. The van der Waals surface area contributed by atoms with Gasteiger partial charge in [-0.15, -0.1) is 0 Å². The van der Waals surface area contributed by atoms with Gasteiger partial charge in [-0.2, -0.15) is 0 Å². The van der Waals surface area contributed by atoms with Crippen LogP contribution in [0.2, 0.25) is 0 Å². The van der Waals surface area contributed by atoms with Gasteiger partial charge in [0.15, 0.2) is 0 Å². The number of hydrogen-bond acceptors (Lipinski definition) is 2. The fourth-order valence-electron chi connectivity index (χ4n) is 2.55. The summed E-state index contributed by atoms with van der Waals surface area (Å²) in [5, 5.41) is 3.52. The lowest BCUT2D eigenvalue weighted by molar-refractivity contribution is 0.648. The van der Waals surface area contributed by atoms with Crippen molar-refractivity contribution in [2.45, 2.75) is 25.3 Å². The number of fused-ring (bicyclic) bond motifs is 1. The molecule has 80 valence electrons. The van der Waals surface area contributed by atoms with Crippen LogP contribution in [0, 0.1) is 11.8 Å². The van der Waals surface area contributed by atoms with Crippen molar-refractivity contribution in [1.82, 2.24) is 4.98 Å². The van der Waals surface area contributed by atoms with Crippen molar-refractivity contribution >= 4 is 37.7 Å². The third-order valence-electron chi connectivity index (χ3n) is 3.39. The van der Waals surface area contributed by atoms with E-state index in [1.165, 1.54) is 19.3 Å². The number of hydrogen-bond donors (Lipinski definition) is 1. The average molecular weight is 332 g/mol. The zero-order valence-corrected chi connectivity index (χ0v) is 11.4. The molecule has 2 saturated carbocycles. The largest absolute Gasteiger partial charge is 0.366 e. The molecule has 0 bridgehead atoms. The van der Waals surface area contributed by atoms with Gasteiger partial charge < -0.3 is 5.32 Å². The Kier molecular flexibility index (Phi) is 2.51. The van der Waals surface area contributed by atoms with E-state index in [4.69, 9.17) is 0 Å². The normalized spacial score (nSPS) is 32.5. The van der Waals surface area contributed by atoms with E-state index in [1.54, 1.807) is 0 Å². The summed E-state index contributed by atoms with van der Waals surface area (Å²) in [6.45, 7) is 0. The second-order valence-electron chi connectivity index (χ2n) is 4.55. The first-order valence-corrected chi connectivity index (χ1v) is 6.88. The minimum Gasteiger partial charge on any atom is -0.366 e. The second-order valence-corrected chi connectivity index (χ2v) is 6.32. The molecular formula is C11H12Br2N2. The van der Waals surface area contributed by atoms with Crippen molar-refractivity contribution < 1.29 is 0 Å². The molecule has 0 radical (unpaired) electrons. The van der Waals surface area contributed by atoms with E-state index in [1.807, 2.05) is 12.3 Å². The predicted molar refractivity (Wildman–Crippen MR) is 67.9 cm³/mol. The molecule has 2 nitrogen and oxygen atoms in total. The molecule has 15 heavy (non-hydrogen) atoms. The van der Waals surface area contributed by atoms with Crippen molar-refractivity contribution in [3.8, 4) is 0 Å². The Balaban J connectivity index is 1.71. The summed E-state index contributed by atoms with van der Waals surface area (Å²) < 4.78 is 2.05. The highest BCUT2D eigenvalue weighted by Gasteiger charge is 2.45. The second kappa shape index (κ2) is 3.74. The van der Waals surface area contributed by atoms with Crippen molar-refractivity contribution in [2.24, 2.45) is 11.8 Å². The number of rotatable bonds is 2. The van der Waals surface area contributed by atoms with Crippen LogP contribution in [0.15, 0.2) is 21.2 Å². The van der Waals surface area contributed by atoms with Gasteiger partial charge in [-0.3, -0.25) is 0 Å². The van der Waals surface area contributed by atoms with Gasteiger partial charge in [0.1, 0.15) is 5.82 Å². The molecule has 1 aromatic rings. The molecule has 0 amide bonds. The maximum Gasteiger partial charge on any atom is 0.140 e. The molecule has 2 fully saturated rings. The average Bonchev–Trinajstić information content (AvgIpc) is 2.79. The summed E-state index contributed by atoms with van der Waals surface area (Å²) in [6.07, 6.45) is 5.96. The summed E-state index contributed by atoms with van der Waals surface area (Å²) in [6, 6.07) is 2.67. The molecule has 0 aromatic carbocycles. The molecule has 2 unspecified atom stereocenters. The molecule has 0 aliphatic heterocycles. The summed E-state index contributed by atoms with van der Waals surface area (Å²) >= 11 is 6.93. The molecular weight excluding hydrogens is 320 g/mol. The number of pyridine rings is 1. The fraction of sp³-hybridized carbons (Fsp3) is 0.545. The number of aromatic nitrogens is 1. The third-order valence-corrected chi connectivity index (χ3v) is 4.43. The Bertz CT molecular complexity index is 384. The maximum atomic E-state index is 4.38. The smallest absolute Gasteiger partial charge is 0.140 e. The lowest BCUT2D eigenvalue weighted by atomic mass is 10.1. The van der Waals surface area contributed by atoms with Crippen LogP contribution in [-0.2, 0) is 0 Å². The van der Waals surface area contributed by atoms with Gasteiger partial charge in [0.2, 0.25) is 0 Å². The highest BCUT2D eigenvalue weighted by atomic mass is 79.9. The molecule has 1 heterocycles. The number of nitrogens with one attached hydrogen (secondary N) is 1. The van der Waals surface area contributed by atoms with E-state index in [-0.39, 0.29) is 0 Å². The van der Waals surface area contributed by atoms with Crippen LogP contribution in [0.3, 0.4) is 0 Å². The molecule has 4 heteroatoms. The maximum absolute atomic E-state index is 4.38. The molecule has 3 rings (SSSR count). The summed E-state index contributed by atoms with van der Waals surface area (Å²) in [5.74, 6) is 3.00. The first-order chi connectivity index (χ1) is 7.22. The number of halogens is 2. The standard InChI is InChI=1S/C11H12Br2N2/c12-8-4-10(13)11(14-5-8)15-9-2-6-1-7(6)3-9/h4-7,9H,1-3H2,(H,14,15). The summed E-state index contributed by atoms with van der Waals surface area (Å²) in [7, 11) is 0. The van der Waals surface area contributed by atoms with Crippen molar-refractivity contribution in [1.29, 1.82) is 0 Å². The van der Waals surface area contributed by atoms with Gasteiger partial charge in [-0.05, 0) is 69.0 Å². The zero-order valence-electron chi connectivity index (χ0n) is 8.21. The van der Waals surface area contributed by atoms with E-state index in [0.29, 0.717) is 6.04 Å². The van der Waals surface area contributed by atoms with Gasteiger partial charge in [0.25, 0.3) is 0 Å². The van der Waals surface area contributed by atoms with E-state index >= 15 is 0 Å². The highest BCUT2D eigenvalue weighted by Crippen LogP contribution is 2.52. The minimum absolute atomic E-state index is 0.638. The van der Waals surface area contributed by atoms with Gasteiger partial charge in [0, 0.05) is 16.7 Å². The third kappa shape index (κ3) is 2.07. The molecule has 0 saturated heterocycles. The Morgan fingerprint density at radius 1 is 1.20 bits per heavy atom. The highest BCUT2D eigenvalue weighted by molar-refractivity contribution is 9.11. The molecule has 1 aromatic heterocycles. The zero-order chi connectivity index (χ0) is 10.4. The van der Waals surface area contributed by atoms with Crippen molar-refractivity contribution in [3.63, 3.8) is 0 Å². The Labute approximate surface area is 106 Å². The van der Waals surface area contributed by atoms with E-state index in [2.05, 4.69) is 42.2 Å². The molecule has 2 aliphatic carbocycles. The SMILES string of the molecule is Brc1cnc(NC2CC3CC3C2)c(Br)c1. The first-order valence-electron chi connectivity index (χ1n) is 5.30. The van der Waals surface area contributed by atoms with Crippen LogP contribution in [0.25, 0.3) is 0 Å². The minimum atomic E-state index is 0.638. The van der Waals surface area contributed by atoms with Crippen LogP contribution in [-0.4, -0.2) is 11.0 Å². The fourth-order valence-corrected chi connectivity index (χ4v) is 3.65. The van der Waals surface area contributed by atoms with E-state index in [0.717, 1.165) is 26.6 Å². The lowest BCUT2D eigenvalue weighted by Crippen LogP contribution is -2.18. The predicted octanol–water partition coefficient (Wildman–Crippen LogP) is 3.82. The Morgan fingerprint density at radius 3 is 2.60 bits per heavy atom. The first kappa shape index (κ1) is 10.1. The van der Waals surface area contributed by atoms with Crippen LogP contribution in [0.5, 0.6) is 0 Å². The van der Waals surface area contributed by atoms with Crippen molar-refractivity contribution in [2.75, 3.05) is 5.32 Å². The molecule has 1 N–H and O–H groups in total. The van der Waals surface area contributed by atoms with Crippen LogP contribution < -0.4 is 5.32 Å². The van der Waals surface area contributed by atoms with Gasteiger partial charge >= 0.3 is 0 Å². The topological polar surface area (TPSA) is 24.9 Å². The lowest BCUT2D eigenvalue weighted by Gasteiger charge is -2.15. The number of anilines is 1. The molecule has 2 aliphatic rings. The van der Waals surface area contributed by atoms with E-state index < -0.39 is 0 Å². The van der Waals surface area contributed by atoms with Crippen LogP contribution in [0.1, 0.15) is 19.3 Å². The van der Waals surface area contributed by atoms with Crippen molar-refractivity contribution in [3.05, 3.63) is 21.2 Å². The van der Waals surface area contributed by atoms with Crippen LogP contribution in [0.4, 0.5) is 5.82 Å². The number of nitrogens with zero attached hydrogens (tertiary/aromatic N) is 1. The van der Waals surface area contributed by atoms with Gasteiger partial charge in [-0.25, -0.2) is 4.98 Å². The Morgan fingerprint density at radius 2 is 1.93 bits per heavy atom.